The molecule has 0 saturated heterocycles. The van der Waals surface area contributed by atoms with Gasteiger partial charge in [0.1, 0.15) is 5.69 Å². The van der Waals surface area contributed by atoms with Gasteiger partial charge in [-0.25, -0.2) is 0 Å². The molecule has 0 fully saturated rings. The van der Waals surface area contributed by atoms with Gasteiger partial charge in [0.05, 0.1) is 0 Å². The van der Waals surface area contributed by atoms with E-state index in [0.29, 0.717) is 30.6 Å². The van der Waals surface area contributed by atoms with Gasteiger partial charge in [-0.15, -0.1) is 0 Å². The number of aryl methyl sites for hydroxylation is 3. The van der Waals surface area contributed by atoms with E-state index in [1.54, 1.807) is 10.6 Å². The van der Waals surface area contributed by atoms with Gasteiger partial charge in [-0.3, -0.25) is 9.59 Å². The smallest absolute Gasteiger partial charge is 0.267 e. The molecule has 34 heavy (non-hydrogen) atoms. The van der Waals surface area contributed by atoms with Crippen LogP contribution in [0.1, 0.15) is 38.4 Å². The van der Waals surface area contributed by atoms with Crippen molar-refractivity contribution in [1.29, 1.82) is 0 Å². The van der Waals surface area contributed by atoms with Crippen LogP contribution in [-0.2, 0) is 20.5 Å². The van der Waals surface area contributed by atoms with Crippen molar-refractivity contribution in [2.45, 2.75) is 25.8 Å². The molecule has 0 radical (unpaired) electrons. The number of hydrogen-bond donors (Lipinski definition) is 1. The normalized spacial score (nSPS) is 12.0. The fourth-order valence-corrected chi connectivity index (χ4v) is 4.67. The summed E-state index contributed by atoms with van der Waals surface area (Å²) in [7, 11) is 5.72. The van der Waals surface area contributed by atoms with Crippen molar-refractivity contribution in [1.82, 2.24) is 19.4 Å². The molecule has 2 heterocycles. The Bertz CT molecular complexity index is 1300. The van der Waals surface area contributed by atoms with Crippen molar-refractivity contribution < 1.29 is 9.59 Å². The second-order valence-corrected chi connectivity index (χ2v) is 8.93. The third-order valence-electron chi connectivity index (χ3n) is 6.56. The molecule has 176 valence electrons. The lowest BCUT2D eigenvalue weighted by atomic mass is 10.00. The Kier molecular flexibility index (Phi) is 6.87. The summed E-state index contributed by atoms with van der Waals surface area (Å²) in [5.41, 5.74) is 4.63. The molecule has 0 aliphatic rings. The lowest BCUT2D eigenvalue weighted by molar-refractivity contribution is 0.0724. The van der Waals surface area contributed by atoms with Crippen LogP contribution in [0.4, 0.5) is 0 Å². The third kappa shape index (κ3) is 4.76. The molecule has 2 aromatic heterocycles. The van der Waals surface area contributed by atoms with E-state index in [2.05, 4.69) is 28.2 Å². The lowest BCUT2D eigenvalue weighted by Gasteiger charge is -2.29. The Hall–Kier alpha value is -3.80. The number of carbonyl (C=O) groups is 2. The minimum atomic E-state index is -0.107. The topological polar surface area (TPSA) is 59.3 Å². The van der Waals surface area contributed by atoms with Gasteiger partial charge in [0, 0.05) is 62.6 Å². The molecule has 0 saturated carbocycles. The van der Waals surface area contributed by atoms with E-state index < -0.39 is 0 Å². The highest BCUT2D eigenvalue weighted by atomic mass is 16.2. The Morgan fingerprint density at radius 3 is 2.44 bits per heavy atom. The minimum absolute atomic E-state index is 0.00501. The highest BCUT2D eigenvalue weighted by molar-refractivity contribution is 6.07. The Morgan fingerprint density at radius 2 is 1.74 bits per heavy atom. The second kappa shape index (κ2) is 10.00. The third-order valence-corrected chi connectivity index (χ3v) is 6.56. The molecule has 1 N–H and O–H groups in total. The molecule has 1 atom stereocenters. The van der Waals surface area contributed by atoms with Crippen LogP contribution in [0.3, 0.4) is 0 Å². The van der Waals surface area contributed by atoms with Gasteiger partial charge < -0.3 is 19.4 Å². The van der Waals surface area contributed by atoms with Crippen LogP contribution >= 0.6 is 0 Å². The maximum absolute atomic E-state index is 13.7. The van der Waals surface area contributed by atoms with E-state index >= 15 is 0 Å². The van der Waals surface area contributed by atoms with E-state index in [1.807, 2.05) is 81.6 Å². The van der Waals surface area contributed by atoms with Crippen LogP contribution in [-0.4, -0.2) is 45.5 Å². The van der Waals surface area contributed by atoms with Gasteiger partial charge in [-0.2, -0.15) is 0 Å². The number of amides is 2. The number of aromatic nitrogens is 2. The standard InChI is InChI=1S/C28H32N4O2/c1-20-19-31(3)24-13-8-12-23(26(20)24)28(34)32(4)22(18-21-10-6-5-7-11-21)15-16-29-27(33)25-14-9-17-30(25)2/h5-14,17,19,22H,15-16,18H2,1-4H3,(H,29,33). The summed E-state index contributed by atoms with van der Waals surface area (Å²) < 4.78 is 3.86. The van der Waals surface area contributed by atoms with Gasteiger partial charge in [0.2, 0.25) is 0 Å². The maximum atomic E-state index is 13.7. The number of nitrogens with one attached hydrogen (secondary N) is 1. The van der Waals surface area contributed by atoms with Crippen molar-refractivity contribution >= 4 is 22.7 Å². The number of hydrogen-bond acceptors (Lipinski definition) is 2. The predicted octanol–water partition coefficient (Wildman–Crippen LogP) is 4.33. The van der Waals surface area contributed by atoms with Gasteiger partial charge in [0.15, 0.2) is 0 Å². The van der Waals surface area contributed by atoms with Gasteiger partial charge >= 0.3 is 0 Å². The molecule has 6 heteroatoms. The van der Waals surface area contributed by atoms with Crippen molar-refractivity contribution in [3.05, 3.63) is 95.4 Å². The predicted molar refractivity (Wildman–Crippen MR) is 136 cm³/mol. The molecule has 0 aliphatic heterocycles. The zero-order chi connectivity index (χ0) is 24.2. The average molecular weight is 457 g/mol. The molecule has 2 aromatic carbocycles. The van der Waals surface area contributed by atoms with Crippen LogP contribution in [0.2, 0.25) is 0 Å². The summed E-state index contributed by atoms with van der Waals surface area (Å²) >= 11 is 0. The van der Waals surface area contributed by atoms with Crippen molar-refractivity contribution in [3.63, 3.8) is 0 Å². The summed E-state index contributed by atoms with van der Waals surface area (Å²) in [5, 5.41) is 4.01. The summed E-state index contributed by atoms with van der Waals surface area (Å²) in [6, 6.07) is 19.7. The zero-order valence-corrected chi connectivity index (χ0v) is 20.3. The fraction of sp³-hybridized carbons (Fsp3) is 0.286. The van der Waals surface area contributed by atoms with Crippen molar-refractivity contribution in [2.75, 3.05) is 13.6 Å². The molecule has 4 aromatic rings. The van der Waals surface area contributed by atoms with Gasteiger partial charge in [-0.05, 0) is 55.2 Å². The Morgan fingerprint density at radius 1 is 0.971 bits per heavy atom. The van der Waals surface area contributed by atoms with Crippen LogP contribution in [0.15, 0.2) is 73.1 Å². The first-order valence-electron chi connectivity index (χ1n) is 11.6. The van der Waals surface area contributed by atoms with Crippen LogP contribution in [0.5, 0.6) is 0 Å². The fourth-order valence-electron chi connectivity index (χ4n) is 4.67. The Labute approximate surface area is 200 Å². The Balaban J connectivity index is 1.55. The summed E-state index contributed by atoms with van der Waals surface area (Å²) in [6.07, 6.45) is 5.28. The summed E-state index contributed by atoms with van der Waals surface area (Å²) in [6.45, 7) is 2.52. The number of benzene rings is 2. The number of rotatable bonds is 8. The molecule has 6 nitrogen and oxygen atoms in total. The van der Waals surface area contributed by atoms with Crippen molar-refractivity contribution in [2.24, 2.45) is 14.1 Å². The van der Waals surface area contributed by atoms with Crippen LogP contribution < -0.4 is 5.32 Å². The van der Waals surface area contributed by atoms with Gasteiger partial charge in [0.25, 0.3) is 11.8 Å². The molecule has 0 bridgehead atoms. The summed E-state index contributed by atoms with van der Waals surface area (Å²) in [5.74, 6) is -0.112. The average Bonchev–Trinajstić information content (AvgIpc) is 3.40. The maximum Gasteiger partial charge on any atom is 0.267 e. The highest BCUT2D eigenvalue weighted by Crippen LogP contribution is 2.26. The molecule has 0 aliphatic carbocycles. The lowest BCUT2D eigenvalue weighted by Crippen LogP contribution is -2.41. The highest BCUT2D eigenvalue weighted by Gasteiger charge is 2.24. The minimum Gasteiger partial charge on any atom is -0.351 e. The first-order chi connectivity index (χ1) is 16.4. The van der Waals surface area contributed by atoms with Crippen molar-refractivity contribution in [3.8, 4) is 0 Å². The van der Waals surface area contributed by atoms with E-state index in [1.165, 1.54) is 0 Å². The number of likely N-dealkylation sites (N-methyl/N-ethyl adjacent to an activating group) is 1. The quantitative estimate of drug-likeness (QED) is 0.429. The molecule has 2 amide bonds. The van der Waals surface area contributed by atoms with Crippen LogP contribution in [0.25, 0.3) is 10.9 Å². The first kappa shape index (κ1) is 23.4. The number of carbonyl (C=O) groups excluding carboxylic acids is 2. The summed E-state index contributed by atoms with van der Waals surface area (Å²) in [4.78, 5) is 28.1. The molecule has 1 unspecified atom stereocenters. The van der Waals surface area contributed by atoms with E-state index in [-0.39, 0.29) is 17.9 Å². The SMILES string of the molecule is Cc1cn(C)c2cccc(C(=O)N(C)C(CCNC(=O)c3cccn3C)Cc3ccccc3)c12. The molecule has 4 rings (SSSR count). The van der Waals surface area contributed by atoms with E-state index in [0.717, 1.165) is 22.0 Å². The van der Waals surface area contributed by atoms with Gasteiger partial charge in [-0.1, -0.05) is 36.4 Å². The number of fused-ring (bicyclic) bond motifs is 1. The zero-order valence-electron chi connectivity index (χ0n) is 20.3. The number of nitrogens with zero attached hydrogens (tertiary/aromatic N) is 3. The van der Waals surface area contributed by atoms with E-state index in [9.17, 15) is 9.59 Å². The second-order valence-electron chi connectivity index (χ2n) is 8.93. The monoisotopic (exact) mass is 456 g/mol. The molecular weight excluding hydrogens is 424 g/mol. The van der Waals surface area contributed by atoms with Crippen LogP contribution in [0, 0.1) is 6.92 Å². The molecular formula is C28H32N4O2. The largest absolute Gasteiger partial charge is 0.351 e. The first-order valence-corrected chi connectivity index (χ1v) is 11.6. The molecule has 0 spiro atoms. The van der Waals surface area contributed by atoms with E-state index in [4.69, 9.17) is 0 Å².